The third-order valence-electron chi connectivity index (χ3n) is 5.83. The van der Waals surface area contributed by atoms with Gasteiger partial charge in [0.1, 0.15) is 5.82 Å². The van der Waals surface area contributed by atoms with Crippen LogP contribution < -0.4 is 4.74 Å². The molecule has 3 aromatic carbocycles. The van der Waals surface area contributed by atoms with E-state index in [0.29, 0.717) is 33.8 Å². The Bertz CT molecular complexity index is 1400. The molecule has 4 aromatic rings. The number of carbonyl (C=O) groups excluding carboxylic acids is 1. The number of hydrogen-bond donors (Lipinski definition) is 0. The van der Waals surface area contributed by atoms with Gasteiger partial charge < -0.3 is 4.74 Å². The highest BCUT2D eigenvalue weighted by Gasteiger charge is 2.29. The van der Waals surface area contributed by atoms with Crippen LogP contribution in [-0.4, -0.2) is 15.7 Å². The fraction of sp³-hybridized carbons (Fsp3) is 0.214. The van der Waals surface area contributed by atoms with Gasteiger partial charge >= 0.3 is 5.97 Å². The van der Waals surface area contributed by atoms with E-state index in [-0.39, 0.29) is 17.4 Å². The van der Waals surface area contributed by atoms with Crippen LogP contribution in [0.2, 0.25) is 5.02 Å². The minimum absolute atomic E-state index is 0.0248. The molecule has 0 N–H and O–H groups in total. The maximum Gasteiger partial charge on any atom is 0.344 e. The van der Waals surface area contributed by atoms with Gasteiger partial charge in [0.15, 0.2) is 11.6 Å². The molecule has 4 nitrogen and oxygen atoms in total. The Kier molecular flexibility index (Phi) is 7.50. The van der Waals surface area contributed by atoms with Gasteiger partial charge in [-0.1, -0.05) is 56.6 Å². The molecular formula is C28H24ClF3N2O2. The fourth-order valence-electron chi connectivity index (χ4n) is 4.07. The number of esters is 1. The molecule has 186 valence electrons. The molecule has 1 atom stereocenters. The van der Waals surface area contributed by atoms with Gasteiger partial charge in [-0.25, -0.2) is 22.6 Å². The van der Waals surface area contributed by atoms with Crippen LogP contribution in [0.1, 0.15) is 60.8 Å². The maximum absolute atomic E-state index is 14.1. The van der Waals surface area contributed by atoms with Gasteiger partial charge in [0.2, 0.25) is 5.88 Å². The van der Waals surface area contributed by atoms with E-state index in [9.17, 15) is 18.0 Å². The average Bonchev–Trinajstić information content (AvgIpc) is 3.21. The molecule has 1 aromatic heterocycles. The van der Waals surface area contributed by atoms with E-state index in [1.54, 1.807) is 24.3 Å². The van der Waals surface area contributed by atoms with E-state index in [2.05, 4.69) is 0 Å². The topological polar surface area (TPSA) is 44.1 Å². The van der Waals surface area contributed by atoms with Crippen LogP contribution in [0.4, 0.5) is 13.2 Å². The van der Waals surface area contributed by atoms with Crippen molar-refractivity contribution in [3.63, 3.8) is 0 Å². The highest BCUT2D eigenvalue weighted by molar-refractivity contribution is 6.30. The first kappa shape index (κ1) is 25.5. The van der Waals surface area contributed by atoms with Crippen molar-refractivity contribution >= 4 is 17.6 Å². The molecule has 0 saturated heterocycles. The summed E-state index contributed by atoms with van der Waals surface area (Å²) in [6, 6.07) is 15.2. The van der Waals surface area contributed by atoms with Crippen molar-refractivity contribution in [1.82, 2.24) is 9.78 Å². The van der Waals surface area contributed by atoms with Crippen LogP contribution in [0.15, 0.2) is 66.7 Å². The Morgan fingerprint density at radius 2 is 1.72 bits per heavy atom. The Hall–Kier alpha value is -3.58. The number of carbonyl (C=O) groups is 1. The Morgan fingerprint density at radius 3 is 2.33 bits per heavy atom. The zero-order valence-electron chi connectivity index (χ0n) is 19.9. The van der Waals surface area contributed by atoms with Gasteiger partial charge in [0.05, 0.1) is 22.9 Å². The third kappa shape index (κ3) is 5.16. The highest BCUT2D eigenvalue weighted by Crippen LogP contribution is 2.41. The largest absolute Gasteiger partial charge is 0.403 e. The molecule has 36 heavy (non-hydrogen) atoms. The van der Waals surface area contributed by atoms with Crippen molar-refractivity contribution < 1.29 is 22.7 Å². The molecule has 0 fully saturated rings. The van der Waals surface area contributed by atoms with Crippen molar-refractivity contribution in [3.8, 4) is 17.0 Å². The lowest BCUT2D eigenvalue weighted by atomic mass is 9.99. The molecular weight excluding hydrogens is 489 g/mol. The van der Waals surface area contributed by atoms with E-state index in [1.807, 2.05) is 20.8 Å². The van der Waals surface area contributed by atoms with Gasteiger partial charge in [-0.3, -0.25) is 0 Å². The van der Waals surface area contributed by atoms with E-state index >= 15 is 0 Å². The van der Waals surface area contributed by atoms with Crippen LogP contribution in [0, 0.1) is 17.5 Å². The molecule has 0 aliphatic rings. The minimum Gasteiger partial charge on any atom is -0.403 e. The number of aromatic nitrogens is 2. The number of ether oxygens (including phenoxy) is 1. The van der Waals surface area contributed by atoms with Crippen molar-refractivity contribution in [2.75, 3.05) is 0 Å². The van der Waals surface area contributed by atoms with E-state index in [0.717, 1.165) is 18.2 Å². The molecule has 1 heterocycles. The minimum atomic E-state index is -0.988. The Balaban J connectivity index is 1.93. The molecule has 0 radical (unpaired) electrons. The maximum atomic E-state index is 14.1. The summed E-state index contributed by atoms with van der Waals surface area (Å²) in [6.45, 7) is 5.76. The summed E-state index contributed by atoms with van der Waals surface area (Å²) in [6.07, 6.45) is 0.439. The Morgan fingerprint density at radius 1 is 1.00 bits per heavy atom. The van der Waals surface area contributed by atoms with Crippen molar-refractivity contribution in [2.24, 2.45) is 0 Å². The zero-order chi connectivity index (χ0) is 26.0. The summed E-state index contributed by atoms with van der Waals surface area (Å²) >= 11 is 6.10. The summed E-state index contributed by atoms with van der Waals surface area (Å²) in [5.74, 6) is -3.26. The molecule has 0 aliphatic heterocycles. The molecule has 0 saturated carbocycles. The molecule has 0 spiro atoms. The van der Waals surface area contributed by atoms with Crippen molar-refractivity contribution in [1.29, 1.82) is 0 Å². The average molecular weight is 513 g/mol. The van der Waals surface area contributed by atoms with Gasteiger partial charge in [0.25, 0.3) is 0 Å². The second-order valence-electron chi connectivity index (χ2n) is 8.67. The van der Waals surface area contributed by atoms with Crippen molar-refractivity contribution in [3.05, 3.63) is 106 Å². The summed E-state index contributed by atoms with van der Waals surface area (Å²) < 4.78 is 49.0. The molecule has 8 heteroatoms. The standard InChI is InChI=1S/C28H24ClF3N2O2/c1-4-24(18-10-13-22(31)23(32)15-18)34-27(36-28(35)19-6-5-7-21(30)14-19)25(26(33-34)16(2)3)17-8-11-20(29)12-9-17/h5-16,24H,4H2,1-3H3. The summed E-state index contributed by atoms with van der Waals surface area (Å²) in [4.78, 5) is 13.1. The smallest absolute Gasteiger partial charge is 0.344 e. The summed E-state index contributed by atoms with van der Waals surface area (Å²) in [5.41, 5.74) is 2.39. The van der Waals surface area contributed by atoms with Crippen LogP contribution in [0.5, 0.6) is 5.88 Å². The fourth-order valence-corrected chi connectivity index (χ4v) is 4.19. The number of hydrogen-bond acceptors (Lipinski definition) is 3. The first-order valence-electron chi connectivity index (χ1n) is 11.5. The van der Waals surface area contributed by atoms with Gasteiger partial charge in [0, 0.05) is 5.02 Å². The number of halogens is 4. The van der Waals surface area contributed by atoms with E-state index in [4.69, 9.17) is 21.4 Å². The van der Waals surface area contributed by atoms with Gasteiger partial charge in [-0.05, 0) is 65.9 Å². The van der Waals surface area contributed by atoms with Crippen LogP contribution in [-0.2, 0) is 0 Å². The SMILES string of the molecule is CCC(c1ccc(F)c(F)c1)n1nc(C(C)C)c(-c2ccc(Cl)cc2)c1OC(=O)c1cccc(F)c1. The van der Waals surface area contributed by atoms with Crippen LogP contribution in [0.25, 0.3) is 11.1 Å². The molecule has 0 amide bonds. The summed E-state index contributed by atoms with van der Waals surface area (Å²) in [5, 5.41) is 5.32. The number of nitrogens with zero attached hydrogens (tertiary/aromatic N) is 2. The summed E-state index contributed by atoms with van der Waals surface area (Å²) in [7, 11) is 0. The molecule has 0 bridgehead atoms. The quantitative estimate of drug-likeness (QED) is 0.236. The van der Waals surface area contributed by atoms with Gasteiger partial charge in [-0.2, -0.15) is 5.10 Å². The van der Waals surface area contributed by atoms with E-state index < -0.39 is 29.5 Å². The Labute approximate surface area is 212 Å². The normalized spacial score (nSPS) is 12.1. The number of benzene rings is 3. The van der Waals surface area contributed by atoms with Crippen LogP contribution >= 0.6 is 11.6 Å². The van der Waals surface area contributed by atoms with Gasteiger partial charge in [-0.15, -0.1) is 0 Å². The zero-order valence-corrected chi connectivity index (χ0v) is 20.7. The molecule has 1 unspecified atom stereocenters. The number of rotatable bonds is 7. The van der Waals surface area contributed by atoms with E-state index in [1.165, 1.54) is 28.9 Å². The second-order valence-corrected chi connectivity index (χ2v) is 9.11. The lowest BCUT2D eigenvalue weighted by Crippen LogP contribution is -2.17. The molecule has 0 aliphatic carbocycles. The predicted octanol–water partition coefficient (Wildman–Crippen LogP) is 7.96. The first-order valence-corrected chi connectivity index (χ1v) is 11.9. The first-order chi connectivity index (χ1) is 17.2. The second kappa shape index (κ2) is 10.6. The van der Waals surface area contributed by atoms with Crippen LogP contribution in [0.3, 0.4) is 0 Å². The monoisotopic (exact) mass is 512 g/mol. The van der Waals surface area contributed by atoms with Crippen molar-refractivity contribution in [2.45, 2.75) is 39.2 Å². The predicted molar refractivity (Wildman–Crippen MR) is 133 cm³/mol. The lowest BCUT2D eigenvalue weighted by molar-refractivity contribution is 0.0716. The third-order valence-corrected chi connectivity index (χ3v) is 6.09. The molecule has 4 rings (SSSR count). The lowest BCUT2D eigenvalue weighted by Gasteiger charge is -2.19. The highest BCUT2D eigenvalue weighted by atomic mass is 35.5.